The van der Waals surface area contributed by atoms with E-state index in [1.165, 1.54) is 11.8 Å². The number of benzene rings is 1. The van der Waals surface area contributed by atoms with Crippen molar-refractivity contribution in [1.29, 1.82) is 0 Å². The maximum absolute atomic E-state index is 8.55. The van der Waals surface area contributed by atoms with Crippen molar-refractivity contribution in [2.45, 2.75) is 5.22 Å². The van der Waals surface area contributed by atoms with E-state index >= 15 is 0 Å². The average molecular weight is 306 g/mol. The second kappa shape index (κ2) is 7.57. The number of hydrogen-bond donors (Lipinski definition) is 1. The van der Waals surface area contributed by atoms with E-state index in [4.69, 9.17) is 19.0 Å². The molecule has 0 fully saturated rings. The predicted octanol–water partition coefficient (Wildman–Crippen LogP) is 1.84. The fourth-order valence-electron chi connectivity index (χ4n) is 1.56. The van der Waals surface area contributed by atoms with Crippen LogP contribution in [0, 0.1) is 11.8 Å². The summed E-state index contributed by atoms with van der Waals surface area (Å²) in [6, 6.07) is 5.36. The van der Waals surface area contributed by atoms with Gasteiger partial charge in [-0.15, -0.1) is 10.2 Å². The van der Waals surface area contributed by atoms with E-state index in [0.717, 1.165) is 5.56 Å². The Labute approximate surface area is 126 Å². The molecule has 2 rings (SSSR count). The number of nitrogens with zero attached hydrogens (tertiary/aromatic N) is 2. The summed E-state index contributed by atoms with van der Waals surface area (Å²) in [7, 11) is 3.14. The van der Waals surface area contributed by atoms with Gasteiger partial charge in [0.1, 0.15) is 6.61 Å². The number of thioether (sulfide) groups is 1. The van der Waals surface area contributed by atoms with Gasteiger partial charge >= 0.3 is 0 Å². The molecule has 21 heavy (non-hydrogen) atoms. The van der Waals surface area contributed by atoms with E-state index in [1.807, 2.05) is 6.07 Å². The first-order valence-corrected chi connectivity index (χ1v) is 7.02. The van der Waals surface area contributed by atoms with Crippen LogP contribution in [0.25, 0.3) is 11.5 Å². The summed E-state index contributed by atoms with van der Waals surface area (Å²) < 4.78 is 15.9. The van der Waals surface area contributed by atoms with Gasteiger partial charge in [0, 0.05) is 5.56 Å². The first kappa shape index (κ1) is 15.2. The molecule has 0 spiro atoms. The number of aliphatic hydroxyl groups excluding tert-OH is 1. The van der Waals surface area contributed by atoms with Gasteiger partial charge in [-0.25, -0.2) is 0 Å². The lowest BCUT2D eigenvalue weighted by Crippen LogP contribution is -1.90. The van der Waals surface area contributed by atoms with Crippen molar-refractivity contribution in [1.82, 2.24) is 10.2 Å². The number of methoxy groups -OCH3 is 2. The molecule has 0 aliphatic heterocycles. The highest BCUT2D eigenvalue weighted by Crippen LogP contribution is 2.32. The molecule has 1 aromatic heterocycles. The molecule has 0 aliphatic rings. The zero-order chi connectivity index (χ0) is 15.1. The summed E-state index contributed by atoms with van der Waals surface area (Å²) in [5.74, 6) is 7.42. The van der Waals surface area contributed by atoms with Crippen LogP contribution >= 0.6 is 11.8 Å². The summed E-state index contributed by atoms with van der Waals surface area (Å²) in [4.78, 5) is 0. The molecular formula is C14H14N2O4S. The van der Waals surface area contributed by atoms with E-state index < -0.39 is 0 Å². The molecule has 1 aromatic carbocycles. The minimum Gasteiger partial charge on any atom is -0.493 e. The Morgan fingerprint density at radius 1 is 1.19 bits per heavy atom. The summed E-state index contributed by atoms with van der Waals surface area (Å²) >= 11 is 1.31. The second-order valence-corrected chi connectivity index (χ2v) is 4.67. The lowest BCUT2D eigenvalue weighted by Gasteiger charge is -2.07. The summed E-state index contributed by atoms with van der Waals surface area (Å²) in [6.07, 6.45) is 0. The number of ether oxygens (including phenoxy) is 2. The molecule has 0 saturated heterocycles. The standard InChI is InChI=1S/C14H14N2O4S/c1-18-11-6-5-10(9-12(11)19-2)13-15-16-14(20-13)21-8-4-3-7-17/h5-6,9,17H,7-8H2,1-2H3. The second-order valence-electron chi connectivity index (χ2n) is 3.74. The molecule has 0 saturated carbocycles. The third-order valence-corrected chi connectivity index (χ3v) is 3.21. The van der Waals surface area contributed by atoms with E-state index in [9.17, 15) is 0 Å². The molecule has 110 valence electrons. The predicted molar refractivity (Wildman–Crippen MR) is 78.4 cm³/mol. The van der Waals surface area contributed by atoms with Crippen LogP contribution in [0.1, 0.15) is 0 Å². The number of aromatic nitrogens is 2. The lowest BCUT2D eigenvalue weighted by atomic mass is 10.2. The molecular weight excluding hydrogens is 292 g/mol. The van der Waals surface area contributed by atoms with Crippen LogP contribution in [0.15, 0.2) is 27.8 Å². The van der Waals surface area contributed by atoms with Gasteiger partial charge in [0.25, 0.3) is 5.22 Å². The van der Waals surface area contributed by atoms with Crippen LogP contribution in [0.4, 0.5) is 0 Å². The van der Waals surface area contributed by atoms with Crippen molar-refractivity contribution in [3.05, 3.63) is 18.2 Å². The zero-order valence-electron chi connectivity index (χ0n) is 11.6. The van der Waals surface area contributed by atoms with Gasteiger partial charge in [0.2, 0.25) is 5.89 Å². The molecule has 1 N–H and O–H groups in total. The molecule has 0 radical (unpaired) electrons. The fourth-order valence-corrected chi connectivity index (χ4v) is 2.09. The van der Waals surface area contributed by atoms with E-state index in [1.54, 1.807) is 26.4 Å². The Morgan fingerprint density at radius 2 is 2.00 bits per heavy atom. The zero-order valence-corrected chi connectivity index (χ0v) is 12.4. The summed E-state index contributed by atoms with van der Waals surface area (Å²) in [5.41, 5.74) is 0.744. The van der Waals surface area contributed by atoms with Crippen LogP contribution in [0.3, 0.4) is 0 Å². The first-order valence-electron chi connectivity index (χ1n) is 6.03. The molecule has 6 nitrogen and oxygen atoms in total. The number of rotatable bonds is 5. The fraction of sp³-hybridized carbons (Fsp3) is 0.286. The molecule has 0 unspecified atom stereocenters. The molecule has 2 aromatic rings. The summed E-state index contributed by atoms with van der Waals surface area (Å²) in [5, 5.41) is 16.9. The molecule has 0 amide bonds. The van der Waals surface area contributed by atoms with Gasteiger partial charge in [-0.3, -0.25) is 0 Å². The van der Waals surface area contributed by atoms with E-state index in [-0.39, 0.29) is 6.61 Å². The molecule has 0 atom stereocenters. The smallest absolute Gasteiger partial charge is 0.277 e. The highest BCUT2D eigenvalue weighted by Gasteiger charge is 2.12. The van der Waals surface area contributed by atoms with Crippen molar-refractivity contribution >= 4 is 11.8 Å². The quantitative estimate of drug-likeness (QED) is 0.667. The molecule has 0 bridgehead atoms. The SMILES string of the molecule is COc1ccc(-c2nnc(SCC#CCO)o2)cc1OC. The van der Waals surface area contributed by atoms with E-state index in [2.05, 4.69) is 22.0 Å². The Hall–Kier alpha value is -2.17. The topological polar surface area (TPSA) is 77.6 Å². The first-order chi connectivity index (χ1) is 10.3. The Balaban J connectivity index is 2.13. The van der Waals surface area contributed by atoms with Gasteiger partial charge < -0.3 is 19.0 Å². The highest BCUT2D eigenvalue weighted by atomic mass is 32.2. The van der Waals surface area contributed by atoms with Crippen LogP contribution in [0.2, 0.25) is 0 Å². The highest BCUT2D eigenvalue weighted by molar-refractivity contribution is 7.99. The van der Waals surface area contributed by atoms with Crippen molar-refractivity contribution in [3.63, 3.8) is 0 Å². The monoisotopic (exact) mass is 306 g/mol. The molecule has 1 heterocycles. The van der Waals surface area contributed by atoms with Gasteiger partial charge in [-0.1, -0.05) is 23.6 Å². The Bertz CT molecular complexity index is 660. The Kier molecular flexibility index (Phi) is 5.49. The third-order valence-electron chi connectivity index (χ3n) is 2.51. The third kappa shape index (κ3) is 3.90. The van der Waals surface area contributed by atoms with Crippen molar-refractivity contribution in [3.8, 4) is 34.8 Å². The van der Waals surface area contributed by atoms with Gasteiger partial charge in [-0.2, -0.15) is 0 Å². The van der Waals surface area contributed by atoms with Crippen molar-refractivity contribution in [2.24, 2.45) is 0 Å². The van der Waals surface area contributed by atoms with Gasteiger partial charge in [-0.05, 0) is 18.2 Å². The lowest BCUT2D eigenvalue weighted by molar-refractivity contribution is 0.350. The summed E-state index contributed by atoms with van der Waals surface area (Å²) in [6.45, 7) is -0.152. The van der Waals surface area contributed by atoms with Crippen molar-refractivity contribution < 1.29 is 19.0 Å². The maximum Gasteiger partial charge on any atom is 0.277 e. The molecule has 7 heteroatoms. The molecule has 0 aliphatic carbocycles. The van der Waals surface area contributed by atoms with Crippen LogP contribution in [-0.4, -0.2) is 41.9 Å². The van der Waals surface area contributed by atoms with Gasteiger partial charge in [0.15, 0.2) is 11.5 Å². The average Bonchev–Trinajstić information content (AvgIpc) is 2.99. The van der Waals surface area contributed by atoms with Crippen LogP contribution in [-0.2, 0) is 0 Å². The minimum absolute atomic E-state index is 0.152. The number of aliphatic hydroxyl groups is 1. The van der Waals surface area contributed by atoms with Crippen molar-refractivity contribution in [2.75, 3.05) is 26.6 Å². The maximum atomic E-state index is 8.55. The van der Waals surface area contributed by atoms with Crippen LogP contribution < -0.4 is 9.47 Å². The minimum atomic E-state index is -0.152. The normalized spacial score (nSPS) is 9.86. The van der Waals surface area contributed by atoms with Gasteiger partial charge in [0.05, 0.1) is 20.0 Å². The van der Waals surface area contributed by atoms with E-state index in [0.29, 0.717) is 28.4 Å². The number of hydrogen-bond acceptors (Lipinski definition) is 7. The largest absolute Gasteiger partial charge is 0.493 e. The Morgan fingerprint density at radius 3 is 2.71 bits per heavy atom. The van der Waals surface area contributed by atoms with Crippen LogP contribution in [0.5, 0.6) is 11.5 Å².